The first-order chi connectivity index (χ1) is 27.6. The van der Waals surface area contributed by atoms with Crippen molar-refractivity contribution in [1.29, 1.82) is 0 Å². The van der Waals surface area contributed by atoms with Crippen molar-refractivity contribution in [1.82, 2.24) is 35.6 Å². The van der Waals surface area contributed by atoms with Gasteiger partial charge in [-0.1, -0.05) is 84.9 Å². The van der Waals surface area contributed by atoms with E-state index in [2.05, 4.69) is 134 Å². The standard InChI is InChI=1S/C47H44FN7O/c48-37-24-42(50-25-37)47-52-27-44(55-47)35-16-18-38(41-22-36-21-34(17-19-39(36)53-41)43-26-51-46(54-43)40-7-4-20-49-40)45(23-35)56-28-29-8-10-31(11-9-29)33-14-12-32(13-15-33)30-5-2-1-3-6-30/h1-3,5-6,8-15,17,19,21-23,26-27,37,40,42,49-50,53H,4,7,16,18,20,24-25,28H2,(H,51,54)(H,52,55)/t37-,40+,42+/m0/s1. The number of halogens is 1. The largest absolute Gasteiger partial charge is 0.489 e. The van der Waals surface area contributed by atoms with Crippen molar-refractivity contribution in [3.8, 4) is 33.5 Å². The number of fused-ring (bicyclic) bond motifs is 1. The maximum Gasteiger partial charge on any atom is 0.125 e. The van der Waals surface area contributed by atoms with Crippen molar-refractivity contribution in [2.24, 2.45) is 0 Å². The third-order valence-corrected chi connectivity index (χ3v) is 11.5. The summed E-state index contributed by atoms with van der Waals surface area (Å²) in [4.78, 5) is 20.1. The Labute approximate surface area is 325 Å². The van der Waals surface area contributed by atoms with Gasteiger partial charge in [0.2, 0.25) is 0 Å². The van der Waals surface area contributed by atoms with Gasteiger partial charge < -0.3 is 30.3 Å². The van der Waals surface area contributed by atoms with E-state index >= 15 is 0 Å². The van der Waals surface area contributed by atoms with Crippen LogP contribution in [0, 0.1) is 0 Å². The van der Waals surface area contributed by atoms with Gasteiger partial charge in [0.05, 0.1) is 35.9 Å². The molecule has 8 nitrogen and oxygen atoms in total. The summed E-state index contributed by atoms with van der Waals surface area (Å²) in [5, 5.41) is 7.91. The molecule has 3 atom stereocenters. The van der Waals surface area contributed by atoms with Crippen LogP contribution in [0.3, 0.4) is 0 Å². The van der Waals surface area contributed by atoms with Crippen molar-refractivity contribution < 1.29 is 9.13 Å². The molecule has 7 aromatic rings. The van der Waals surface area contributed by atoms with E-state index < -0.39 is 6.17 Å². The predicted molar refractivity (Wildman–Crippen MR) is 221 cm³/mol. The van der Waals surface area contributed by atoms with Crippen LogP contribution in [0.2, 0.25) is 0 Å². The first-order valence-corrected chi connectivity index (χ1v) is 19.8. The summed E-state index contributed by atoms with van der Waals surface area (Å²) < 4.78 is 20.7. The van der Waals surface area contributed by atoms with E-state index in [1.807, 2.05) is 18.5 Å². The Kier molecular flexibility index (Phi) is 9.17. The van der Waals surface area contributed by atoms with Crippen LogP contribution in [0.4, 0.5) is 4.39 Å². The van der Waals surface area contributed by atoms with Gasteiger partial charge in [-0.2, -0.15) is 0 Å². The number of imidazole rings is 2. The van der Waals surface area contributed by atoms with Crippen molar-refractivity contribution >= 4 is 22.0 Å². The molecule has 56 heavy (non-hydrogen) atoms. The quantitative estimate of drug-likeness (QED) is 0.0960. The molecular formula is C47H44FN7O. The van der Waals surface area contributed by atoms with E-state index in [1.165, 1.54) is 23.1 Å². The minimum atomic E-state index is -0.847. The SMILES string of the molecule is F[C@@H]1CN[C@@H](c2ncc(C3=CC(OCc4ccc(-c5ccc(-c6ccccc6)cc5)cc4)=C(c4cc5cc(-c6cnc([C@H]7CCCN7)[nH]6)ccc5[nH]4)CC3)[nH]2)C1. The number of nitrogens with one attached hydrogen (secondary N) is 5. The molecule has 2 saturated heterocycles. The Bertz CT molecular complexity index is 2540. The number of rotatable bonds is 10. The molecule has 2 aliphatic heterocycles. The van der Waals surface area contributed by atoms with Crippen LogP contribution in [-0.4, -0.2) is 44.2 Å². The lowest BCUT2D eigenvalue weighted by molar-refractivity contribution is 0.211. The van der Waals surface area contributed by atoms with Crippen LogP contribution in [0.25, 0.3) is 55.6 Å². The van der Waals surface area contributed by atoms with E-state index in [0.717, 1.165) is 99.0 Å². The highest BCUT2D eigenvalue weighted by atomic mass is 19.1. The summed E-state index contributed by atoms with van der Waals surface area (Å²) >= 11 is 0. The average Bonchev–Trinajstić information content (AvgIpc) is 4.11. The zero-order valence-corrected chi connectivity index (χ0v) is 31.1. The molecule has 10 rings (SSSR count). The normalized spacial score (nSPS) is 19.9. The van der Waals surface area contributed by atoms with E-state index in [1.54, 1.807) is 0 Å². The van der Waals surface area contributed by atoms with Crippen molar-refractivity contribution in [3.63, 3.8) is 0 Å². The number of aromatic amines is 3. The highest BCUT2D eigenvalue weighted by molar-refractivity contribution is 5.90. The number of benzene rings is 4. The van der Waals surface area contributed by atoms with Crippen LogP contribution in [-0.2, 0) is 11.3 Å². The first-order valence-electron chi connectivity index (χ1n) is 19.8. The maximum absolute atomic E-state index is 14.0. The van der Waals surface area contributed by atoms with Crippen molar-refractivity contribution in [2.75, 3.05) is 13.1 Å². The fourth-order valence-electron chi connectivity index (χ4n) is 8.37. The van der Waals surface area contributed by atoms with Crippen molar-refractivity contribution in [2.45, 2.75) is 57.0 Å². The Morgan fingerprint density at radius 1 is 0.661 bits per heavy atom. The molecule has 3 aromatic heterocycles. The van der Waals surface area contributed by atoms with Gasteiger partial charge >= 0.3 is 0 Å². The van der Waals surface area contributed by atoms with Gasteiger partial charge in [0.1, 0.15) is 30.2 Å². The summed E-state index contributed by atoms with van der Waals surface area (Å²) in [5.74, 6) is 2.62. The zero-order valence-electron chi connectivity index (χ0n) is 31.1. The minimum Gasteiger partial charge on any atom is -0.489 e. The highest BCUT2D eigenvalue weighted by Crippen LogP contribution is 2.38. The van der Waals surface area contributed by atoms with E-state index in [-0.39, 0.29) is 6.04 Å². The molecule has 9 heteroatoms. The Morgan fingerprint density at radius 3 is 2.09 bits per heavy atom. The fourth-order valence-corrected chi connectivity index (χ4v) is 8.37. The van der Waals surface area contributed by atoms with Crippen LogP contribution < -0.4 is 10.6 Å². The molecule has 0 unspecified atom stereocenters. The van der Waals surface area contributed by atoms with Gasteiger partial charge in [-0.25, -0.2) is 14.4 Å². The molecule has 0 amide bonds. The molecule has 2 fully saturated rings. The number of allylic oxidation sites excluding steroid dienone is 3. The van der Waals surface area contributed by atoms with Crippen LogP contribution >= 0.6 is 0 Å². The summed E-state index contributed by atoms with van der Waals surface area (Å²) in [6.45, 7) is 1.83. The van der Waals surface area contributed by atoms with Crippen LogP contribution in [0.15, 0.2) is 127 Å². The van der Waals surface area contributed by atoms with Crippen LogP contribution in [0.1, 0.15) is 72.8 Å². The number of hydrogen-bond acceptors (Lipinski definition) is 5. The molecule has 0 saturated carbocycles. The topological polar surface area (TPSA) is 106 Å². The lowest BCUT2D eigenvalue weighted by Gasteiger charge is -2.20. The Morgan fingerprint density at radius 2 is 1.36 bits per heavy atom. The summed E-state index contributed by atoms with van der Waals surface area (Å²) in [7, 11) is 0. The molecule has 1 aliphatic carbocycles. The lowest BCUT2D eigenvalue weighted by Crippen LogP contribution is -2.15. The first kappa shape index (κ1) is 34.5. The second-order valence-electron chi connectivity index (χ2n) is 15.2. The van der Waals surface area contributed by atoms with Gasteiger partial charge in [0.15, 0.2) is 0 Å². The molecule has 0 spiro atoms. The Hall–Kier alpha value is -6.03. The number of hydrogen-bond donors (Lipinski definition) is 5. The average molecular weight is 742 g/mol. The highest BCUT2D eigenvalue weighted by Gasteiger charge is 2.28. The van der Waals surface area contributed by atoms with E-state index in [0.29, 0.717) is 25.6 Å². The summed E-state index contributed by atoms with van der Waals surface area (Å²) in [6.07, 6.45) is 9.45. The molecule has 0 radical (unpaired) electrons. The smallest absolute Gasteiger partial charge is 0.125 e. The molecule has 280 valence electrons. The molecule has 5 N–H and O–H groups in total. The third kappa shape index (κ3) is 7.00. The monoisotopic (exact) mass is 741 g/mol. The number of H-pyrrole nitrogens is 3. The molecule has 0 bridgehead atoms. The van der Waals surface area contributed by atoms with Gasteiger partial charge in [0, 0.05) is 40.7 Å². The number of ether oxygens (including phenoxy) is 1. The molecule has 5 heterocycles. The predicted octanol–water partition coefficient (Wildman–Crippen LogP) is 10.2. The minimum absolute atomic E-state index is 0.0986. The number of aromatic nitrogens is 5. The molecule has 3 aliphatic rings. The maximum atomic E-state index is 14.0. The summed E-state index contributed by atoms with van der Waals surface area (Å²) in [6, 6.07) is 36.8. The van der Waals surface area contributed by atoms with E-state index in [9.17, 15) is 4.39 Å². The van der Waals surface area contributed by atoms with Gasteiger partial charge in [-0.15, -0.1) is 0 Å². The Balaban J connectivity index is 0.923. The number of nitrogens with zero attached hydrogens (tertiary/aromatic N) is 2. The summed E-state index contributed by atoms with van der Waals surface area (Å²) in [5.41, 5.74) is 13.3. The third-order valence-electron chi connectivity index (χ3n) is 11.5. The molecular weight excluding hydrogens is 698 g/mol. The zero-order chi connectivity index (χ0) is 37.4. The second-order valence-corrected chi connectivity index (χ2v) is 15.2. The second kappa shape index (κ2) is 14.9. The van der Waals surface area contributed by atoms with Crippen LogP contribution in [0.5, 0.6) is 0 Å². The number of alkyl halides is 1. The van der Waals surface area contributed by atoms with E-state index in [4.69, 9.17) is 9.72 Å². The van der Waals surface area contributed by atoms with Gasteiger partial charge in [0.25, 0.3) is 0 Å². The lowest BCUT2D eigenvalue weighted by atomic mass is 9.93. The fraction of sp³-hybridized carbons (Fsp3) is 0.234. The molecule has 4 aromatic carbocycles. The van der Waals surface area contributed by atoms with Crippen molar-refractivity contribution in [3.05, 3.63) is 156 Å². The van der Waals surface area contributed by atoms with Gasteiger partial charge in [-0.05, 0) is 89.9 Å². The van der Waals surface area contributed by atoms with Gasteiger partial charge in [-0.3, -0.25) is 0 Å².